The van der Waals surface area contributed by atoms with Gasteiger partial charge in [-0.1, -0.05) is 37.3 Å². The third-order valence-electron chi connectivity index (χ3n) is 10.3. The second-order valence-corrected chi connectivity index (χ2v) is 13.9. The van der Waals surface area contributed by atoms with Crippen molar-refractivity contribution < 1.29 is 18.7 Å². The van der Waals surface area contributed by atoms with Gasteiger partial charge in [-0.2, -0.15) is 5.10 Å². The van der Waals surface area contributed by atoms with Crippen molar-refractivity contribution in [2.75, 3.05) is 31.6 Å². The van der Waals surface area contributed by atoms with Crippen molar-refractivity contribution in [3.05, 3.63) is 112 Å². The smallest absolute Gasteiger partial charge is 0.251 e. The predicted octanol–water partition coefficient (Wildman–Crippen LogP) is 6.87. The SMILES string of the molecule is CCc1nc2c(cnn2CC)c(NC2CCOCC2)c1CNC(=O)c1cccc(C(=O)NCc2ccc(F)c(-c3cccc(CN4CCCC4)c3)c2)c1. The van der Waals surface area contributed by atoms with Gasteiger partial charge in [-0.3, -0.25) is 14.5 Å². The van der Waals surface area contributed by atoms with Gasteiger partial charge >= 0.3 is 0 Å². The summed E-state index contributed by atoms with van der Waals surface area (Å²) in [6, 6.07) is 19.9. The molecule has 2 saturated heterocycles. The highest BCUT2D eigenvalue weighted by molar-refractivity contribution is 6.00. The molecule has 2 amide bonds. The average Bonchev–Trinajstić information content (AvgIpc) is 3.87. The fourth-order valence-corrected chi connectivity index (χ4v) is 7.40. The van der Waals surface area contributed by atoms with E-state index in [0.29, 0.717) is 42.9 Å². The van der Waals surface area contributed by atoms with Gasteiger partial charge in [0.25, 0.3) is 11.8 Å². The summed E-state index contributed by atoms with van der Waals surface area (Å²) in [5, 5.41) is 15.3. The second kappa shape index (κ2) is 16.7. The number of ether oxygens (including phenoxy) is 1. The first-order valence-electron chi connectivity index (χ1n) is 18.9. The minimum atomic E-state index is -0.322. The minimum absolute atomic E-state index is 0.211. The normalized spacial score (nSPS) is 15.2. The molecule has 3 N–H and O–H groups in total. The first-order chi connectivity index (χ1) is 25.9. The molecule has 0 radical (unpaired) electrons. The number of amides is 2. The van der Waals surface area contributed by atoms with Crippen molar-refractivity contribution in [2.45, 2.75) is 78.2 Å². The van der Waals surface area contributed by atoms with Crippen LogP contribution in [0.5, 0.6) is 0 Å². The molecule has 2 aliphatic heterocycles. The van der Waals surface area contributed by atoms with E-state index in [1.54, 1.807) is 36.4 Å². The molecular formula is C42H48FN7O3. The van der Waals surface area contributed by atoms with Crippen molar-refractivity contribution in [2.24, 2.45) is 0 Å². The van der Waals surface area contributed by atoms with E-state index in [2.05, 4.69) is 45.0 Å². The number of halogens is 1. The summed E-state index contributed by atoms with van der Waals surface area (Å²) < 4.78 is 22.5. The largest absolute Gasteiger partial charge is 0.381 e. The van der Waals surface area contributed by atoms with Crippen LogP contribution in [0.25, 0.3) is 22.2 Å². The number of aryl methyl sites for hydroxylation is 2. The molecule has 0 unspecified atom stereocenters. The van der Waals surface area contributed by atoms with E-state index in [4.69, 9.17) is 9.72 Å². The number of likely N-dealkylation sites (tertiary alicyclic amines) is 1. The highest BCUT2D eigenvalue weighted by Gasteiger charge is 2.23. The number of fused-ring (bicyclic) bond motifs is 1. The fraction of sp³-hybridized carbons (Fsp3) is 0.381. The van der Waals surface area contributed by atoms with Gasteiger partial charge in [0.05, 0.1) is 17.3 Å². The number of hydrogen-bond donors (Lipinski definition) is 3. The molecule has 2 fully saturated rings. The van der Waals surface area contributed by atoms with E-state index < -0.39 is 0 Å². The number of hydrogen-bond acceptors (Lipinski definition) is 7. The first kappa shape index (κ1) is 36.2. The van der Waals surface area contributed by atoms with Crippen molar-refractivity contribution in [1.82, 2.24) is 30.3 Å². The van der Waals surface area contributed by atoms with Crippen LogP contribution in [0.4, 0.5) is 10.1 Å². The molecule has 10 nitrogen and oxygen atoms in total. The molecule has 0 spiro atoms. The molecule has 7 rings (SSSR count). The summed E-state index contributed by atoms with van der Waals surface area (Å²) in [5.74, 6) is -0.920. The van der Waals surface area contributed by atoms with Gasteiger partial charge in [-0.05, 0) is 105 Å². The number of anilines is 1. The standard InChI is InChI=1S/C42H48FN7O3/c1-3-38-35(39(47-33-15-19-53-20-16-33)36-26-46-50(4-2)40(36)48-38)25-45-42(52)32-12-8-11-31(23-32)41(51)44-24-28-13-14-37(43)34(22-28)30-10-7-9-29(21-30)27-49-17-5-6-18-49/h7-14,21-23,26,33H,3-6,15-20,24-25,27H2,1-2H3,(H,44,51)(H,45,52)(H,47,48). The second-order valence-electron chi connectivity index (χ2n) is 13.9. The van der Waals surface area contributed by atoms with Crippen LogP contribution in [-0.2, 0) is 37.3 Å². The molecule has 2 aromatic heterocycles. The minimum Gasteiger partial charge on any atom is -0.381 e. The fourth-order valence-electron chi connectivity index (χ4n) is 7.40. The summed E-state index contributed by atoms with van der Waals surface area (Å²) >= 11 is 0. The van der Waals surface area contributed by atoms with E-state index in [1.165, 1.54) is 18.9 Å². The number of aromatic nitrogens is 3. The number of benzene rings is 3. The molecule has 0 bridgehead atoms. The predicted molar refractivity (Wildman–Crippen MR) is 205 cm³/mol. The molecule has 53 heavy (non-hydrogen) atoms. The van der Waals surface area contributed by atoms with Crippen LogP contribution in [0.15, 0.2) is 72.9 Å². The Bertz CT molecular complexity index is 2080. The maximum absolute atomic E-state index is 15.1. The molecule has 0 atom stereocenters. The van der Waals surface area contributed by atoms with Crippen LogP contribution in [0.3, 0.4) is 0 Å². The maximum atomic E-state index is 15.1. The molecule has 0 aliphatic carbocycles. The van der Waals surface area contributed by atoms with Crippen LogP contribution in [0, 0.1) is 5.82 Å². The zero-order valence-corrected chi connectivity index (χ0v) is 30.6. The lowest BCUT2D eigenvalue weighted by Gasteiger charge is -2.26. The molecule has 0 saturated carbocycles. The third-order valence-corrected chi connectivity index (χ3v) is 10.3. The third kappa shape index (κ3) is 8.42. The van der Waals surface area contributed by atoms with Gasteiger partial charge in [0.2, 0.25) is 0 Å². The Balaban J connectivity index is 1.03. The number of carbonyl (C=O) groups is 2. The van der Waals surface area contributed by atoms with Gasteiger partial charge in [0, 0.05) is 73.4 Å². The summed E-state index contributed by atoms with van der Waals surface area (Å²) in [5.41, 5.74) is 7.60. The first-order valence-corrected chi connectivity index (χ1v) is 18.9. The van der Waals surface area contributed by atoms with Crippen molar-refractivity contribution in [3.8, 4) is 11.1 Å². The quantitative estimate of drug-likeness (QED) is 0.122. The molecule has 4 heterocycles. The average molecular weight is 718 g/mol. The van der Waals surface area contributed by atoms with Crippen molar-refractivity contribution in [1.29, 1.82) is 0 Å². The summed E-state index contributed by atoms with van der Waals surface area (Å²) in [4.78, 5) is 34.3. The zero-order chi connectivity index (χ0) is 36.7. The van der Waals surface area contributed by atoms with Gasteiger partial charge in [-0.15, -0.1) is 0 Å². The molecular weight excluding hydrogens is 670 g/mol. The van der Waals surface area contributed by atoms with E-state index in [-0.39, 0.29) is 36.8 Å². The maximum Gasteiger partial charge on any atom is 0.251 e. The highest BCUT2D eigenvalue weighted by atomic mass is 19.1. The monoisotopic (exact) mass is 717 g/mol. The lowest BCUT2D eigenvalue weighted by atomic mass is 10.00. The van der Waals surface area contributed by atoms with E-state index in [9.17, 15) is 9.59 Å². The van der Waals surface area contributed by atoms with E-state index in [0.717, 1.165) is 77.1 Å². The van der Waals surface area contributed by atoms with Gasteiger partial charge in [0.1, 0.15) is 5.82 Å². The Morgan fingerprint density at radius 1 is 0.887 bits per heavy atom. The summed E-state index contributed by atoms with van der Waals surface area (Å²) in [7, 11) is 0. The summed E-state index contributed by atoms with van der Waals surface area (Å²) in [6.45, 7) is 9.74. The molecule has 276 valence electrons. The Hall–Kier alpha value is -5.13. The number of nitrogens with one attached hydrogen (secondary N) is 3. The lowest BCUT2D eigenvalue weighted by Crippen LogP contribution is -2.30. The lowest BCUT2D eigenvalue weighted by molar-refractivity contribution is 0.0904. The molecule has 5 aromatic rings. The van der Waals surface area contributed by atoms with Crippen LogP contribution in [-0.4, -0.2) is 63.8 Å². The van der Waals surface area contributed by atoms with Gasteiger partial charge < -0.3 is 20.7 Å². The number of nitrogens with zero attached hydrogens (tertiary/aromatic N) is 4. The highest BCUT2D eigenvalue weighted by Crippen LogP contribution is 2.31. The Labute approximate surface area is 310 Å². The van der Waals surface area contributed by atoms with Crippen molar-refractivity contribution in [3.63, 3.8) is 0 Å². The molecule has 3 aromatic carbocycles. The van der Waals surface area contributed by atoms with Crippen LogP contribution < -0.4 is 16.0 Å². The summed E-state index contributed by atoms with van der Waals surface area (Å²) in [6.07, 6.45) is 6.76. The van der Waals surface area contributed by atoms with Crippen molar-refractivity contribution >= 4 is 28.5 Å². The van der Waals surface area contributed by atoms with Gasteiger partial charge in [-0.25, -0.2) is 14.1 Å². The van der Waals surface area contributed by atoms with E-state index in [1.807, 2.05) is 29.9 Å². The number of pyridine rings is 1. The molecule has 2 aliphatic rings. The van der Waals surface area contributed by atoms with Crippen LogP contribution >= 0.6 is 0 Å². The number of rotatable bonds is 13. The topological polar surface area (TPSA) is 113 Å². The van der Waals surface area contributed by atoms with E-state index >= 15 is 4.39 Å². The van der Waals surface area contributed by atoms with Gasteiger partial charge in [0.15, 0.2) is 5.65 Å². The Morgan fingerprint density at radius 3 is 2.36 bits per heavy atom. The number of carbonyl (C=O) groups excluding carboxylic acids is 2. The Kier molecular flexibility index (Phi) is 11.4. The van der Waals surface area contributed by atoms with Crippen LogP contribution in [0.2, 0.25) is 0 Å². The zero-order valence-electron chi connectivity index (χ0n) is 30.6. The molecule has 11 heteroatoms. The van der Waals surface area contributed by atoms with Crippen LogP contribution in [0.1, 0.15) is 82.6 Å². The Morgan fingerprint density at radius 2 is 1.62 bits per heavy atom.